The maximum absolute atomic E-state index is 5.34. The highest BCUT2D eigenvalue weighted by Crippen LogP contribution is 2.27. The molecule has 2 heterocycles. The third-order valence-electron chi connectivity index (χ3n) is 2.42. The van der Waals surface area contributed by atoms with Gasteiger partial charge in [-0.25, -0.2) is 4.98 Å². The van der Waals surface area contributed by atoms with Crippen LogP contribution in [0.4, 0.5) is 0 Å². The molecule has 0 radical (unpaired) electrons. The minimum absolute atomic E-state index is 0.656. The lowest BCUT2D eigenvalue weighted by atomic mass is 10.1. The molecule has 4 nitrogen and oxygen atoms in total. The summed E-state index contributed by atoms with van der Waals surface area (Å²) >= 11 is 0. The molecule has 0 saturated heterocycles. The fraction of sp³-hybridized carbons (Fsp3) is 0. The molecule has 0 aliphatic heterocycles. The molecule has 3 rings (SSSR count). The van der Waals surface area contributed by atoms with Crippen LogP contribution in [0.1, 0.15) is 0 Å². The van der Waals surface area contributed by atoms with Crippen LogP contribution in [-0.4, -0.2) is 15.2 Å². The lowest BCUT2D eigenvalue weighted by Crippen LogP contribution is -1.94. The van der Waals surface area contributed by atoms with Gasteiger partial charge in [0.25, 0.3) is 0 Å². The first-order valence-corrected chi connectivity index (χ1v) is 5.22. The van der Waals surface area contributed by atoms with Crippen LogP contribution >= 0.6 is 0 Å². The molecule has 3 aromatic rings. The number of nitrogens with zero attached hydrogens (tertiary/aromatic N) is 3. The second-order valence-electron chi connectivity index (χ2n) is 3.50. The fourth-order valence-corrected chi connectivity index (χ4v) is 1.66. The Morgan fingerprint density at radius 2 is 1.76 bits per heavy atom. The van der Waals surface area contributed by atoms with Crippen molar-refractivity contribution in [2.45, 2.75) is 0 Å². The summed E-state index contributed by atoms with van der Waals surface area (Å²) in [6.07, 6.45) is 3.05. The van der Waals surface area contributed by atoms with Gasteiger partial charge >= 0.3 is 0 Å². The highest BCUT2D eigenvalue weighted by molar-refractivity contribution is 5.74. The molecule has 1 aromatic carbocycles. The van der Waals surface area contributed by atoms with Crippen LogP contribution in [0.25, 0.3) is 22.7 Å². The van der Waals surface area contributed by atoms with E-state index in [0.29, 0.717) is 11.5 Å². The number of aromatic nitrogens is 3. The molecule has 0 bridgehead atoms. The molecule has 0 saturated carbocycles. The van der Waals surface area contributed by atoms with Gasteiger partial charge < -0.3 is 4.42 Å². The standard InChI is InChI=1S/C13H9N3O/c1-2-5-10(6-3-1)12-13(16-15-9-14-12)11-7-4-8-17-11/h1-9H. The van der Waals surface area contributed by atoms with E-state index in [0.717, 1.165) is 11.3 Å². The van der Waals surface area contributed by atoms with Crippen molar-refractivity contribution >= 4 is 0 Å². The monoisotopic (exact) mass is 223 g/mol. The Bertz CT molecular complexity index is 606. The number of furan rings is 1. The van der Waals surface area contributed by atoms with Gasteiger partial charge in [0.2, 0.25) is 0 Å². The molecule has 0 amide bonds. The molecule has 0 unspecified atom stereocenters. The summed E-state index contributed by atoms with van der Waals surface area (Å²) in [5.41, 5.74) is 2.42. The van der Waals surface area contributed by atoms with E-state index in [1.807, 2.05) is 42.5 Å². The van der Waals surface area contributed by atoms with E-state index in [2.05, 4.69) is 15.2 Å². The van der Waals surface area contributed by atoms with Gasteiger partial charge in [-0.15, -0.1) is 10.2 Å². The molecule has 17 heavy (non-hydrogen) atoms. The van der Waals surface area contributed by atoms with Crippen molar-refractivity contribution in [1.29, 1.82) is 0 Å². The van der Waals surface area contributed by atoms with Crippen molar-refractivity contribution in [2.24, 2.45) is 0 Å². The van der Waals surface area contributed by atoms with Gasteiger partial charge in [0.05, 0.1) is 6.26 Å². The number of benzene rings is 1. The largest absolute Gasteiger partial charge is 0.463 e. The van der Waals surface area contributed by atoms with Crippen LogP contribution in [0.5, 0.6) is 0 Å². The predicted molar refractivity (Wildman–Crippen MR) is 63.0 cm³/mol. The molecule has 0 N–H and O–H groups in total. The Morgan fingerprint density at radius 1 is 0.882 bits per heavy atom. The quantitative estimate of drug-likeness (QED) is 0.670. The van der Waals surface area contributed by atoms with Crippen molar-refractivity contribution in [3.05, 3.63) is 55.1 Å². The van der Waals surface area contributed by atoms with Crippen LogP contribution in [-0.2, 0) is 0 Å². The lowest BCUT2D eigenvalue weighted by molar-refractivity contribution is 0.578. The first-order valence-electron chi connectivity index (χ1n) is 5.22. The highest BCUT2D eigenvalue weighted by atomic mass is 16.3. The first kappa shape index (κ1) is 9.72. The van der Waals surface area contributed by atoms with Crippen LogP contribution in [0.2, 0.25) is 0 Å². The average molecular weight is 223 g/mol. The molecule has 2 aromatic heterocycles. The number of hydrogen-bond acceptors (Lipinski definition) is 4. The van der Waals surface area contributed by atoms with E-state index < -0.39 is 0 Å². The van der Waals surface area contributed by atoms with Crippen LogP contribution < -0.4 is 0 Å². The SMILES string of the molecule is c1ccc(-c2ncnnc2-c2ccco2)cc1. The van der Waals surface area contributed by atoms with Crippen molar-refractivity contribution in [3.8, 4) is 22.7 Å². The molecule has 0 spiro atoms. The maximum atomic E-state index is 5.34. The minimum Gasteiger partial charge on any atom is -0.463 e. The summed E-state index contributed by atoms with van der Waals surface area (Å²) in [5, 5.41) is 7.90. The van der Waals surface area contributed by atoms with Gasteiger partial charge in [-0.05, 0) is 12.1 Å². The zero-order valence-corrected chi connectivity index (χ0v) is 8.95. The molecule has 0 aliphatic carbocycles. The molecule has 0 aliphatic rings. The topological polar surface area (TPSA) is 51.8 Å². The van der Waals surface area contributed by atoms with E-state index in [1.54, 1.807) is 6.26 Å². The van der Waals surface area contributed by atoms with Gasteiger partial charge in [-0.2, -0.15) is 0 Å². The second kappa shape index (κ2) is 4.17. The zero-order valence-electron chi connectivity index (χ0n) is 8.95. The number of rotatable bonds is 2. The summed E-state index contributed by atoms with van der Waals surface area (Å²) in [6, 6.07) is 13.5. The van der Waals surface area contributed by atoms with Crippen molar-refractivity contribution in [2.75, 3.05) is 0 Å². The highest BCUT2D eigenvalue weighted by Gasteiger charge is 2.12. The summed E-state index contributed by atoms with van der Waals surface area (Å²) in [4.78, 5) is 4.27. The second-order valence-corrected chi connectivity index (χ2v) is 3.50. The zero-order chi connectivity index (χ0) is 11.5. The van der Waals surface area contributed by atoms with E-state index in [4.69, 9.17) is 4.42 Å². The van der Waals surface area contributed by atoms with E-state index in [1.165, 1.54) is 6.33 Å². The normalized spacial score (nSPS) is 10.4. The van der Waals surface area contributed by atoms with Crippen molar-refractivity contribution in [1.82, 2.24) is 15.2 Å². The third-order valence-corrected chi connectivity index (χ3v) is 2.42. The molecule has 4 heteroatoms. The van der Waals surface area contributed by atoms with Crippen molar-refractivity contribution < 1.29 is 4.42 Å². The van der Waals surface area contributed by atoms with Crippen LogP contribution in [0.3, 0.4) is 0 Å². The maximum Gasteiger partial charge on any atom is 0.156 e. The summed E-state index contributed by atoms with van der Waals surface area (Å²) in [5.74, 6) is 0.671. The Morgan fingerprint density at radius 3 is 2.53 bits per heavy atom. The van der Waals surface area contributed by atoms with Gasteiger partial charge in [-0.3, -0.25) is 0 Å². The molecular weight excluding hydrogens is 214 g/mol. The van der Waals surface area contributed by atoms with Crippen molar-refractivity contribution in [3.63, 3.8) is 0 Å². The lowest BCUT2D eigenvalue weighted by Gasteiger charge is -2.03. The van der Waals surface area contributed by atoms with Gasteiger partial charge in [-0.1, -0.05) is 30.3 Å². The third kappa shape index (κ3) is 1.80. The smallest absolute Gasteiger partial charge is 0.156 e. The van der Waals surface area contributed by atoms with Gasteiger partial charge in [0.15, 0.2) is 11.5 Å². The molecular formula is C13H9N3O. The first-order chi connectivity index (χ1) is 8.45. The molecule has 82 valence electrons. The Labute approximate surface area is 98.0 Å². The Balaban J connectivity index is 2.18. The van der Waals surface area contributed by atoms with Crippen LogP contribution in [0.15, 0.2) is 59.5 Å². The minimum atomic E-state index is 0.656. The van der Waals surface area contributed by atoms with E-state index >= 15 is 0 Å². The predicted octanol–water partition coefficient (Wildman–Crippen LogP) is 2.80. The Kier molecular flexibility index (Phi) is 2.38. The summed E-state index contributed by atoms with van der Waals surface area (Å²) in [6.45, 7) is 0. The van der Waals surface area contributed by atoms with Gasteiger partial charge in [0.1, 0.15) is 12.0 Å². The Hall–Kier alpha value is -2.49. The summed E-state index contributed by atoms with van der Waals surface area (Å²) in [7, 11) is 0. The van der Waals surface area contributed by atoms with E-state index in [9.17, 15) is 0 Å². The molecule has 0 atom stereocenters. The average Bonchev–Trinajstić information content (AvgIpc) is 2.94. The number of hydrogen-bond donors (Lipinski definition) is 0. The molecule has 0 fully saturated rings. The van der Waals surface area contributed by atoms with Gasteiger partial charge in [0, 0.05) is 5.56 Å². The summed E-state index contributed by atoms with van der Waals surface area (Å²) < 4.78 is 5.34. The van der Waals surface area contributed by atoms with E-state index in [-0.39, 0.29) is 0 Å². The fourth-order valence-electron chi connectivity index (χ4n) is 1.66. The van der Waals surface area contributed by atoms with Crippen LogP contribution in [0, 0.1) is 0 Å².